The van der Waals surface area contributed by atoms with Gasteiger partial charge in [-0.15, -0.1) is 0 Å². The van der Waals surface area contributed by atoms with E-state index in [0.29, 0.717) is 6.73 Å². The van der Waals surface area contributed by atoms with Gasteiger partial charge in [-0.2, -0.15) is 0 Å². The molecule has 1 aromatic carbocycles. The van der Waals surface area contributed by atoms with Crippen molar-refractivity contribution in [2.75, 3.05) is 27.6 Å². The summed E-state index contributed by atoms with van der Waals surface area (Å²) in [5.74, 6) is -0.526. The predicted octanol–water partition coefficient (Wildman–Crippen LogP) is 3.95. The van der Waals surface area contributed by atoms with Crippen LogP contribution in [0.15, 0.2) is 30.5 Å². The van der Waals surface area contributed by atoms with Crippen LogP contribution in [-0.2, 0) is 36.9 Å². The number of nitrogens with zero attached hydrogens (tertiary/aromatic N) is 2. The third kappa shape index (κ3) is 5.77. The number of rotatable bonds is 9. The van der Waals surface area contributed by atoms with Crippen LogP contribution in [-0.4, -0.2) is 60.2 Å². The van der Waals surface area contributed by atoms with Gasteiger partial charge in [0.15, 0.2) is 0 Å². The first-order chi connectivity index (χ1) is 14.6. The summed E-state index contributed by atoms with van der Waals surface area (Å²) in [6, 6.07) is 7.85. The lowest BCUT2D eigenvalue weighted by molar-refractivity contribution is -0.159. The van der Waals surface area contributed by atoms with E-state index in [1.54, 1.807) is 41.7 Å². The fourth-order valence-electron chi connectivity index (χ4n) is 3.49. The van der Waals surface area contributed by atoms with Crippen molar-refractivity contribution < 1.29 is 28.5 Å². The van der Waals surface area contributed by atoms with Gasteiger partial charge in [-0.25, -0.2) is 9.59 Å². The van der Waals surface area contributed by atoms with Crippen molar-refractivity contribution in [1.29, 1.82) is 0 Å². The summed E-state index contributed by atoms with van der Waals surface area (Å²) in [7, 11) is 3.09. The summed E-state index contributed by atoms with van der Waals surface area (Å²) in [4.78, 5) is 27.5. The van der Waals surface area contributed by atoms with Gasteiger partial charge < -0.3 is 23.5 Å². The van der Waals surface area contributed by atoms with Gasteiger partial charge in [0.25, 0.3) is 0 Å². The van der Waals surface area contributed by atoms with E-state index in [1.807, 2.05) is 35.0 Å². The van der Waals surface area contributed by atoms with Crippen molar-refractivity contribution in [2.24, 2.45) is 0 Å². The Hall–Kier alpha value is -2.58. The molecule has 2 rings (SSSR count). The minimum Gasteiger partial charge on any atom is -0.464 e. The molecule has 1 amide bonds. The highest BCUT2D eigenvalue weighted by Crippen LogP contribution is 2.30. The molecule has 0 radical (unpaired) electrons. The number of para-hydroxylation sites is 1. The number of fused-ring (bicyclic) bond motifs is 1. The molecule has 0 aliphatic rings. The third-order valence-electron chi connectivity index (χ3n) is 4.86. The Morgan fingerprint density at radius 2 is 1.74 bits per heavy atom. The molecule has 0 aliphatic heterocycles. The van der Waals surface area contributed by atoms with Crippen molar-refractivity contribution in [3.8, 4) is 0 Å². The van der Waals surface area contributed by atoms with Crippen LogP contribution in [0.3, 0.4) is 0 Å². The molecule has 0 fully saturated rings. The van der Waals surface area contributed by atoms with E-state index in [9.17, 15) is 9.59 Å². The molecule has 0 N–H and O–H groups in total. The van der Waals surface area contributed by atoms with E-state index in [-0.39, 0.29) is 19.8 Å². The molecule has 0 saturated carbocycles. The van der Waals surface area contributed by atoms with Crippen LogP contribution in [0.25, 0.3) is 10.9 Å². The third-order valence-corrected chi connectivity index (χ3v) is 4.86. The average molecular weight is 435 g/mol. The van der Waals surface area contributed by atoms with Crippen LogP contribution in [0.1, 0.15) is 40.2 Å². The Kier molecular flexibility index (Phi) is 8.08. The summed E-state index contributed by atoms with van der Waals surface area (Å²) in [6.45, 7) is 9.16. The highest BCUT2D eigenvalue weighted by Gasteiger charge is 2.46. The summed E-state index contributed by atoms with van der Waals surface area (Å²) >= 11 is 0. The van der Waals surface area contributed by atoms with Crippen LogP contribution < -0.4 is 0 Å². The number of aromatic nitrogens is 1. The quantitative estimate of drug-likeness (QED) is 0.439. The van der Waals surface area contributed by atoms with Crippen molar-refractivity contribution in [1.82, 2.24) is 9.47 Å². The number of hydrogen-bond donors (Lipinski definition) is 0. The molecule has 8 nitrogen and oxygen atoms in total. The van der Waals surface area contributed by atoms with Crippen LogP contribution >= 0.6 is 0 Å². The van der Waals surface area contributed by atoms with E-state index in [2.05, 4.69) is 0 Å². The van der Waals surface area contributed by atoms with Crippen LogP contribution in [0.4, 0.5) is 4.79 Å². The molecule has 0 aliphatic carbocycles. The van der Waals surface area contributed by atoms with E-state index in [0.717, 1.165) is 16.5 Å². The largest absolute Gasteiger partial charge is 0.464 e. The molecule has 1 aromatic heterocycles. The zero-order valence-corrected chi connectivity index (χ0v) is 19.6. The molecule has 172 valence electrons. The molecule has 0 unspecified atom stereocenters. The summed E-state index contributed by atoms with van der Waals surface area (Å²) in [5, 5.41) is 0.969. The number of carbonyl (C=O) groups excluding carboxylic acids is 2. The first-order valence-electron chi connectivity index (χ1n) is 10.3. The van der Waals surface area contributed by atoms with Crippen LogP contribution in [0, 0.1) is 0 Å². The second-order valence-corrected chi connectivity index (χ2v) is 8.56. The number of amides is 1. The van der Waals surface area contributed by atoms with Crippen LogP contribution in [0.2, 0.25) is 0 Å². The SMILES string of the molecule is CCOC(=O)[C@](C)(Cc1cn(COC)c2ccccc12)N(COC)C(=O)OC(C)(C)C. The number of ether oxygens (including phenoxy) is 4. The Balaban J connectivity index is 2.56. The maximum atomic E-state index is 13.2. The van der Waals surface area contributed by atoms with Gasteiger partial charge in [0.05, 0.1) is 12.1 Å². The first-order valence-corrected chi connectivity index (χ1v) is 10.3. The van der Waals surface area contributed by atoms with Gasteiger partial charge in [0.1, 0.15) is 24.6 Å². The molecular formula is C23H34N2O6. The van der Waals surface area contributed by atoms with E-state index in [1.165, 1.54) is 12.0 Å². The zero-order chi connectivity index (χ0) is 23.2. The lowest BCUT2D eigenvalue weighted by Crippen LogP contribution is -2.58. The average Bonchev–Trinajstić information content (AvgIpc) is 3.02. The lowest BCUT2D eigenvalue weighted by Gasteiger charge is -2.39. The smallest absolute Gasteiger partial charge is 0.413 e. The van der Waals surface area contributed by atoms with Gasteiger partial charge in [-0.1, -0.05) is 18.2 Å². The number of esters is 1. The molecule has 1 atom stereocenters. The topological polar surface area (TPSA) is 79.2 Å². The van der Waals surface area contributed by atoms with Gasteiger partial charge in [0.2, 0.25) is 0 Å². The maximum Gasteiger partial charge on any atom is 0.413 e. The molecule has 1 heterocycles. The van der Waals surface area contributed by atoms with Gasteiger partial charge in [-0.05, 0) is 46.2 Å². The summed E-state index contributed by atoms with van der Waals surface area (Å²) in [6.07, 6.45) is 1.50. The molecule has 8 heteroatoms. The minimum atomic E-state index is -1.35. The molecular weight excluding hydrogens is 400 g/mol. The van der Waals surface area contributed by atoms with Crippen molar-refractivity contribution in [3.63, 3.8) is 0 Å². The highest BCUT2D eigenvalue weighted by atomic mass is 16.6. The van der Waals surface area contributed by atoms with Crippen molar-refractivity contribution in [2.45, 2.75) is 58.9 Å². The standard InChI is InChI=1S/C23H34N2O6/c1-8-30-20(26)23(5,25(16-29-7)21(27)31-22(2,3)4)13-17-14-24(15-28-6)19-12-10-9-11-18(17)19/h9-12,14H,8,13,15-16H2,1-7H3/t23-/m0/s1. The Bertz CT molecular complexity index is 901. The lowest BCUT2D eigenvalue weighted by atomic mass is 9.91. The van der Waals surface area contributed by atoms with E-state index >= 15 is 0 Å². The molecule has 31 heavy (non-hydrogen) atoms. The molecule has 0 saturated heterocycles. The Morgan fingerprint density at radius 3 is 2.32 bits per heavy atom. The number of benzene rings is 1. The predicted molar refractivity (Wildman–Crippen MR) is 118 cm³/mol. The van der Waals surface area contributed by atoms with E-state index in [4.69, 9.17) is 18.9 Å². The first kappa shape index (κ1) is 24.7. The Labute approximate surface area is 184 Å². The van der Waals surface area contributed by atoms with Gasteiger partial charge in [-0.3, -0.25) is 4.90 Å². The number of methoxy groups -OCH3 is 2. The normalized spacial score (nSPS) is 13.6. The molecule has 0 bridgehead atoms. The second-order valence-electron chi connectivity index (χ2n) is 8.56. The highest BCUT2D eigenvalue weighted by molar-refractivity contribution is 5.89. The zero-order valence-electron chi connectivity index (χ0n) is 19.6. The molecule has 0 spiro atoms. The molecule has 2 aromatic rings. The van der Waals surface area contributed by atoms with Crippen molar-refractivity contribution >= 4 is 23.0 Å². The minimum absolute atomic E-state index is 0.124. The monoisotopic (exact) mass is 434 g/mol. The van der Waals surface area contributed by atoms with Gasteiger partial charge >= 0.3 is 12.1 Å². The second kappa shape index (κ2) is 10.2. The summed E-state index contributed by atoms with van der Waals surface area (Å²) < 4.78 is 23.5. The Morgan fingerprint density at radius 1 is 1.06 bits per heavy atom. The fourth-order valence-corrected chi connectivity index (χ4v) is 3.49. The van der Waals surface area contributed by atoms with Gasteiger partial charge in [0, 0.05) is 32.2 Å². The van der Waals surface area contributed by atoms with Crippen molar-refractivity contribution in [3.05, 3.63) is 36.0 Å². The number of carbonyl (C=O) groups is 2. The summed E-state index contributed by atoms with van der Waals surface area (Å²) in [5.41, 5.74) is -0.224. The van der Waals surface area contributed by atoms with Crippen LogP contribution in [0.5, 0.6) is 0 Å². The maximum absolute atomic E-state index is 13.2. The number of hydrogen-bond acceptors (Lipinski definition) is 6. The fraction of sp³-hybridized carbons (Fsp3) is 0.565. The van der Waals surface area contributed by atoms with E-state index < -0.39 is 23.2 Å².